The Bertz CT molecular complexity index is 471. The van der Waals surface area contributed by atoms with Crippen molar-refractivity contribution in [2.24, 2.45) is 5.73 Å². The van der Waals surface area contributed by atoms with Gasteiger partial charge in [-0.1, -0.05) is 6.07 Å². The Morgan fingerprint density at radius 3 is 2.33 bits per heavy atom. The summed E-state index contributed by atoms with van der Waals surface area (Å²) in [5.41, 5.74) is 5.50. The lowest BCUT2D eigenvalue weighted by molar-refractivity contribution is -0.137. The van der Waals surface area contributed by atoms with E-state index in [-0.39, 0.29) is 18.8 Å². The number of piperazine rings is 1. The molecule has 2 rings (SSSR count). The number of nitrogens with zero attached hydrogens (tertiary/aromatic N) is 2. The molecule has 4 nitrogen and oxygen atoms in total. The number of alkyl halides is 3. The summed E-state index contributed by atoms with van der Waals surface area (Å²) < 4.78 is 39.6. The fraction of sp³-hybridized carbons (Fsp3) is 0.571. The lowest BCUT2D eigenvalue weighted by atomic mass is 10.1. The van der Waals surface area contributed by atoms with Crippen LogP contribution >= 0.6 is 0 Å². The number of aliphatic hydroxyl groups excluding tert-OH is 1. The van der Waals surface area contributed by atoms with Crippen LogP contribution in [0, 0.1) is 0 Å². The lowest BCUT2D eigenvalue weighted by Gasteiger charge is -2.37. The zero-order valence-corrected chi connectivity index (χ0v) is 11.7. The number of β-amino-alcohol motifs (C(OH)–C–C–N with tert-alkyl or cyclic N) is 1. The Morgan fingerprint density at radius 1 is 1.14 bits per heavy atom. The second kappa shape index (κ2) is 6.64. The van der Waals surface area contributed by atoms with Crippen molar-refractivity contribution in [2.45, 2.75) is 12.7 Å². The molecule has 1 aliphatic rings. The van der Waals surface area contributed by atoms with E-state index >= 15 is 0 Å². The summed E-state index contributed by atoms with van der Waals surface area (Å²) in [6, 6.07) is 4.28. The van der Waals surface area contributed by atoms with Crippen LogP contribution < -0.4 is 10.6 Å². The summed E-state index contributed by atoms with van der Waals surface area (Å²) in [6.45, 7) is 3.06. The first-order chi connectivity index (χ1) is 9.95. The van der Waals surface area contributed by atoms with Gasteiger partial charge in [0.25, 0.3) is 0 Å². The molecule has 1 aromatic carbocycles. The van der Waals surface area contributed by atoms with E-state index in [2.05, 4.69) is 0 Å². The van der Waals surface area contributed by atoms with Gasteiger partial charge in [0.1, 0.15) is 0 Å². The maximum absolute atomic E-state index is 13.2. The van der Waals surface area contributed by atoms with Gasteiger partial charge in [0.2, 0.25) is 0 Å². The lowest BCUT2D eigenvalue weighted by Crippen LogP contribution is -2.47. The van der Waals surface area contributed by atoms with Crippen LogP contribution in [-0.4, -0.2) is 49.3 Å². The van der Waals surface area contributed by atoms with Crippen LogP contribution in [0.4, 0.5) is 18.9 Å². The Hall–Kier alpha value is -1.31. The molecule has 0 radical (unpaired) electrons. The van der Waals surface area contributed by atoms with E-state index in [1.54, 1.807) is 11.0 Å². The van der Waals surface area contributed by atoms with Crippen LogP contribution in [0.5, 0.6) is 0 Å². The molecular weight excluding hydrogens is 283 g/mol. The molecule has 118 valence electrons. The molecular formula is C14H20F3N3O. The van der Waals surface area contributed by atoms with E-state index in [0.29, 0.717) is 38.3 Å². The molecule has 1 aliphatic heterocycles. The van der Waals surface area contributed by atoms with Crippen LogP contribution in [0.3, 0.4) is 0 Å². The topological polar surface area (TPSA) is 52.7 Å². The summed E-state index contributed by atoms with van der Waals surface area (Å²) >= 11 is 0. The molecule has 0 unspecified atom stereocenters. The van der Waals surface area contributed by atoms with Crippen molar-refractivity contribution in [1.29, 1.82) is 0 Å². The molecule has 0 aliphatic carbocycles. The SMILES string of the molecule is NCc1ccc(N2CCN(CCO)CC2)c(C(F)(F)F)c1. The zero-order valence-electron chi connectivity index (χ0n) is 11.7. The molecule has 7 heteroatoms. The number of anilines is 1. The van der Waals surface area contributed by atoms with Gasteiger partial charge >= 0.3 is 6.18 Å². The second-order valence-electron chi connectivity index (χ2n) is 5.11. The number of rotatable bonds is 4. The molecule has 0 saturated carbocycles. The van der Waals surface area contributed by atoms with Crippen molar-refractivity contribution in [3.05, 3.63) is 29.3 Å². The van der Waals surface area contributed by atoms with Crippen molar-refractivity contribution < 1.29 is 18.3 Å². The average molecular weight is 303 g/mol. The number of nitrogens with two attached hydrogens (primary N) is 1. The molecule has 3 N–H and O–H groups in total. The Kier molecular flexibility index (Phi) is 5.08. The van der Waals surface area contributed by atoms with E-state index in [1.807, 2.05) is 4.90 Å². The number of benzene rings is 1. The quantitative estimate of drug-likeness (QED) is 0.880. The third kappa shape index (κ3) is 3.87. The highest BCUT2D eigenvalue weighted by Gasteiger charge is 2.35. The first-order valence-corrected chi connectivity index (χ1v) is 6.94. The van der Waals surface area contributed by atoms with Crippen LogP contribution in [0.15, 0.2) is 18.2 Å². The third-order valence-corrected chi connectivity index (χ3v) is 3.73. The van der Waals surface area contributed by atoms with Crippen molar-refractivity contribution in [2.75, 3.05) is 44.2 Å². The fourth-order valence-electron chi connectivity index (χ4n) is 2.57. The summed E-state index contributed by atoms with van der Waals surface area (Å²) in [7, 11) is 0. The number of aliphatic hydroxyl groups is 1. The van der Waals surface area contributed by atoms with Crippen molar-refractivity contribution in [1.82, 2.24) is 4.90 Å². The molecule has 0 aromatic heterocycles. The van der Waals surface area contributed by atoms with Gasteiger partial charge in [-0.05, 0) is 17.7 Å². The predicted octanol–water partition coefficient (Wildman–Crippen LogP) is 1.28. The van der Waals surface area contributed by atoms with Gasteiger partial charge in [-0.15, -0.1) is 0 Å². The first kappa shape index (κ1) is 16.1. The van der Waals surface area contributed by atoms with Gasteiger partial charge < -0.3 is 15.7 Å². The maximum Gasteiger partial charge on any atom is 0.418 e. The van der Waals surface area contributed by atoms with E-state index in [4.69, 9.17) is 10.8 Å². The fourth-order valence-corrected chi connectivity index (χ4v) is 2.57. The number of hydrogen-bond acceptors (Lipinski definition) is 4. The molecule has 1 heterocycles. The van der Waals surface area contributed by atoms with E-state index < -0.39 is 11.7 Å². The summed E-state index contributed by atoms with van der Waals surface area (Å²) in [6.07, 6.45) is -4.39. The smallest absolute Gasteiger partial charge is 0.395 e. The van der Waals surface area contributed by atoms with Crippen LogP contribution in [0.1, 0.15) is 11.1 Å². The van der Waals surface area contributed by atoms with Gasteiger partial charge in [0.05, 0.1) is 12.2 Å². The van der Waals surface area contributed by atoms with Crippen molar-refractivity contribution in [3.8, 4) is 0 Å². The van der Waals surface area contributed by atoms with Gasteiger partial charge in [-0.2, -0.15) is 13.2 Å². The Morgan fingerprint density at radius 2 is 1.81 bits per heavy atom. The standard InChI is InChI=1S/C14H20F3N3O/c15-14(16,17)12-9-11(10-18)1-2-13(12)20-5-3-19(4-6-20)7-8-21/h1-2,9,21H,3-8,10,18H2. The average Bonchev–Trinajstić information content (AvgIpc) is 2.47. The highest BCUT2D eigenvalue weighted by atomic mass is 19.4. The molecule has 0 bridgehead atoms. The van der Waals surface area contributed by atoms with Crippen LogP contribution in [-0.2, 0) is 12.7 Å². The highest BCUT2D eigenvalue weighted by Crippen LogP contribution is 2.37. The van der Waals surface area contributed by atoms with Crippen molar-refractivity contribution >= 4 is 5.69 Å². The van der Waals surface area contributed by atoms with E-state index in [9.17, 15) is 13.2 Å². The second-order valence-corrected chi connectivity index (χ2v) is 5.11. The van der Waals surface area contributed by atoms with Gasteiger partial charge in [-0.25, -0.2) is 0 Å². The molecule has 0 spiro atoms. The van der Waals surface area contributed by atoms with Gasteiger partial charge in [0, 0.05) is 45.0 Å². The molecule has 0 atom stereocenters. The summed E-state index contributed by atoms with van der Waals surface area (Å²) in [5.74, 6) is 0. The van der Waals surface area contributed by atoms with Crippen LogP contribution in [0.2, 0.25) is 0 Å². The third-order valence-electron chi connectivity index (χ3n) is 3.73. The number of hydrogen-bond donors (Lipinski definition) is 2. The molecule has 1 aromatic rings. The maximum atomic E-state index is 13.2. The van der Waals surface area contributed by atoms with Crippen molar-refractivity contribution in [3.63, 3.8) is 0 Å². The first-order valence-electron chi connectivity index (χ1n) is 6.94. The summed E-state index contributed by atoms with van der Waals surface area (Å²) in [4.78, 5) is 3.79. The van der Waals surface area contributed by atoms with E-state index in [0.717, 1.165) is 6.07 Å². The van der Waals surface area contributed by atoms with Gasteiger partial charge in [0.15, 0.2) is 0 Å². The minimum Gasteiger partial charge on any atom is -0.395 e. The van der Waals surface area contributed by atoms with E-state index in [1.165, 1.54) is 6.07 Å². The van der Waals surface area contributed by atoms with Gasteiger partial charge in [-0.3, -0.25) is 4.90 Å². The minimum atomic E-state index is -4.39. The normalized spacial score (nSPS) is 17.3. The minimum absolute atomic E-state index is 0.0685. The molecule has 0 amide bonds. The Labute approximate surface area is 121 Å². The summed E-state index contributed by atoms with van der Waals surface area (Å²) in [5, 5.41) is 8.89. The number of halogens is 3. The zero-order chi connectivity index (χ0) is 15.5. The monoisotopic (exact) mass is 303 g/mol. The highest BCUT2D eigenvalue weighted by molar-refractivity contribution is 5.56. The Balaban J connectivity index is 2.20. The molecule has 1 saturated heterocycles. The molecule has 1 fully saturated rings. The molecule has 21 heavy (non-hydrogen) atoms. The van der Waals surface area contributed by atoms with Crippen LogP contribution in [0.25, 0.3) is 0 Å². The predicted molar refractivity (Wildman–Crippen MR) is 75.1 cm³/mol. The largest absolute Gasteiger partial charge is 0.418 e.